The second kappa shape index (κ2) is 9.33. The van der Waals surface area contributed by atoms with Crippen molar-refractivity contribution in [3.05, 3.63) is 23.8 Å². The molecule has 0 bridgehead atoms. The predicted octanol–water partition coefficient (Wildman–Crippen LogP) is 4.04. The highest BCUT2D eigenvalue weighted by molar-refractivity contribution is 6.01. The van der Waals surface area contributed by atoms with E-state index in [0.29, 0.717) is 0 Å². The first-order chi connectivity index (χ1) is 12.4. The van der Waals surface area contributed by atoms with Gasteiger partial charge in [0.1, 0.15) is 11.5 Å². The number of halogens is 6. The van der Waals surface area contributed by atoms with Gasteiger partial charge in [-0.2, -0.15) is 31.4 Å². The summed E-state index contributed by atoms with van der Waals surface area (Å²) in [4.78, 5) is 11.2. The molecule has 0 aliphatic heterocycles. The van der Waals surface area contributed by atoms with Crippen LogP contribution in [-0.4, -0.2) is 44.0 Å². The third kappa shape index (κ3) is 9.01. The molecule has 1 aromatic rings. The van der Waals surface area contributed by atoms with Gasteiger partial charge in [0.15, 0.2) is 13.2 Å². The third-order valence-corrected chi connectivity index (χ3v) is 2.72. The molecule has 1 aromatic carbocycles. The number of amides is 1. The van der Waals surface area contributed by atoms with Gasteiger partial charge in [-0.15, -0.1) is 0 Å². The van der Waals surface area contributed by atoms with Crippen molar-refractivity contribution in [3.63, 3.8) is 0 Å². The Morgan fingerprint density at radius 2 is 1.67 bits per heavy atom. The lowest BCUT2D eigenvalue weighted by Gasteiger charge is -2.15. The van der Waals surface area contributed by atoms with Crippen LogP contribution in [0.25, 0.3) is 0 Å². The number of rotatable bonds is 7. The van der Waals surface area contributed by atoms with E-state index in [9.17, 15) is 31.1 Å². The Hall–Kier alpha value is -2.66. The van der Waals surface area contributed by atoms with E-state index in [1.807, 2.05) is 5.43 Å². The number of carbonyl (C=O) groups excluding carboxylic acids is 1. The fourth-order valence-corrected chi connectivity index (χ4v) is 1.69. The molecule has 0 saturated carbocycles. The van der Waals surface area contributed by atoms with Crippen LogP contribution in [0.5, 0.6) is 11.5 Å². The van der Waals surface area contributed by atoms with Crippen LogP contribution < -0.4 is 14.9 Å². The first-order valence-corrected chi connectivity index (χ1v) is 7.42. The molecule has 12 heteroatoms. The van der Waals surface area contributed by atoms with Crippen LogP contribution >= 0.6 is 0 Å². The summed E-state index contributed by atoms with van der Waals surface area (Å²) in [6, 6.07) is 3.05. The Labute approximate surface area is 150 Å². The summed E-state index contributed by atoms with van der Waals surface area (Å²) in [6.45, 7) is -0.314. The number of ether oxygens (including phenoxy) is 3. The van der Waals surface area contributed by atoms with Crippen LogP contribution in [0, 0.1) is 0 Å². The lowest BCUT2D eigenvalue weighted by atomic mass is 10.1. The third-order valence-electron chi connectivity index (χ3n) is 2.72. The standard InChI is InChI=1S/C15H16F6N2O4/c1-3-25-13(24)23-22-9(2)11-6-10(26-7-14(16,17)18)4-5-12(11)27-8-15(19,20)21/h4-6H,3,7-8H2,1-2H3,(H,23,24)/b22-9-. The summed E-state index contributed by atoms with van der Waals surface area (Å²) < 4.78 is 87.6. The first-order valence-electron chi connectivity index (χ1n) is 7.42. The SMILES string of the molecule is CCOC(=O)N/N=C(/C)c1cc(OCC(F)(F)F)ccc1OCC(F)(F)F. The lowest BCUT2D eigenvalue weighted by Crippen LogP contribution is -2.22. The molecule has 0 aromatic heterocycles. The summed E-state index contributed by atoms with van der Waals surface area (Å²) in [7, 11) is 0. The van der Waals surface area contributed by atoms with E-state index in [1.54, 1.807) is 6.92 Å². The van der Waals surface area contributed by atoms with E-state index in [-0.39, 0.29) is 29.4 Å². The number of hydrogen-bond acceptors (Lipinski definition) is 5. The van der Waals surface area contributed by atoms with Gasteiger partial charge in [0, 0.05) is 5.56 Å². The van der Waals surface area contributed by atoms with E-state index < -0.39 is 31.7 Å². The van der Waals surface area contributed by atoms with Crippen molar-refractivity contribution in [2.24, 2.45) is 5.10 Å². The minimum absolute atomic E-state index is 0.0438. The molecule has 0 heterocycles. The van der Waals surface area contributed by atoms with Gasteiger partial charge in [0.25, 0.3) is 0 Å². The maximum absolute atomic E-state index is 12.4. The zero-order chi connectivity index (χ0) is 20.7. The Balaban J connectivity index is 3.08. The minimum Gasteiger partial charge on any atom is -0.484 e. The van der Waals surface area contributed by atoms with Crippen molar-refractivity contribution in [1.82, 2.24) is 5.43 Å². The second-order valence-electron chi connectivity index (χ2n) is 5.00. The van der Waals surface area contributed by atoms with Crippen molar-refractivity contribution in [2.45, 2.75) is 26.2 Å². The summed E-state index contributed by atoms with van der Waals surface area (Å²) in [5, 5.41) is 3.62. The summed E-state index contributed by atoms with van der Waals surface area (Å²) in [5.74, 6) is -0.578. The smallest absolute Gasteiger partial charge is 0.427 e. The molecule has 1 amide bonds. The molecule has 6 nitrogen and oxygen atoms in total. The van der Waals surface area contributed by atoms with Crippen molar-refractivity contribution >= 4 is 11.8 Å². The fraction of sp³-hybridized carbons (Fsp3) is 0.467. The van der Waals surface area contributed by atoms with Crippen molar-refractivity contribution in [3.8, 4) is 11.5 Å². The van der Waals surface area contributed by atoms with Gasteiger partial charge in [0.05, 0.1) is 12.3 Å². The molecule has 1 N–H and O–H groups in total. The number of benzene rings is 1. The van der Waals surface area contributed by atoms with Crippen LogP contribution in [0.3, 0.4) is 0 Å². The number of hydrogen-bond donors (Lipinski definition) is 1. The van der Waals surface area contributed by atoms with Gasteiger partial charge in [-0.05, 0) is 32.0 Å². The lowest BCUT2D eigenvalue weighted by molar-refractivity contribution is -0.154. The van der Waals surface area contributed by atoms with E-state index in [2.05, 4.69) is 19.3 Å². The molecule has 0 unspecified atom stereocenters. The molecular formula is C15H16F6N2O4. The number of carbonyl (C=O) groups is 1. The normalized spacial score (nSPS) is 12.5. The van der Waals surface area contributed by atoms with E-state index in [4.69, 9.17) is 0 Å². The average Bonchev–Trinajstić information content (AvgIpc) is 2.55. The summed E-state index contributed by atoms with van der Waals surface area (Å²) in [6.07, 6.45) is -10.1. The van der Waals surface area contributed by atoms with E-state index in [1.165, 1.54) is 6.92 Å². The van der Waals surface area contributed by atoms with E-state index in [0.717, 1.165) is 18.2 Å². The number of nitrogens with one attached hydrogen (secondary N) is 1. The average molecular weight is 402 g/mol. The fourth-order valence-electron chi connectivity index (χ4n) is 1.69. The largest absolute Gasteiger partial charge is 0.484 e. The van der Waals surface area contributed by atoms with Crippen molar-refractivity contribution in [2.75, 3.05) is 19.8 Å². The van der Waals surface area contributed by atoms with Crippen LogP contribution in [0.4, 0.5) is 31.1 Å². The molecule has 152 valence electrons. The van der Waals surface area contributed by atoms with Gasteiger partial charge >= 0.3 is 18.4 Å². The molecule has 0 atom stereocenters. The zero-order valence-corrected chi connectivity index (χ0v) is 14.2. The second-order valence-corrected chi connectivity index (χ2v) is 5.00. The van der Waals surface area contributed by atoms with E-state index >= 15 is 0 Å². The Kier molecular flexibility index (Phi) is 7.73. The monoisotopic (exact) mass is 402 g/mol. The molecule has 0 aliphatic carbocycles. The molecule has 0 fully saturated rings. The molecule has 0 saturated heterocycles. The highest BCUT2D eigenvalue weighted by atomic mass is 19.4. The quantitative estimate of drug-likeness (QED) is 0.425. The highest BCUT2D eigenvalue weighted by Gasteiger charge is 2.30. The Morgan fingerprint density at radius 1 is 1.07 bits per heavy atom. The van der Waals surface area contributed by atoms with Crippen LogP contribution in [-0.2, 0) is 4.74 Å². The molecule has 0 aliphatic rings. The van der Waals surface area contributed by atoms with Gasteiger partial charge < -0.3 is 14.2 Å². The highest BCUT2D eigenvalue weighted by Crippen LogP contribution is 2.28. The topological polar surface area (TPSA) is 69.2 Å². The first kappa shape index (κ1) is 22.4. The van der Waals surface area contributed by atoms with Gasteiger partial charge in [-0.1, -0.05) is 0 Å². The zero-order valence-electron chi connectivity index (χ0n) is 14.2. The molecule has 1 rings (SSSR count). The van der Waals surface area contributed by atoms with Gasteiger partial charge in [0.2, 0.25) is 0 Å². The number of hydrazone groups is 1. The molecule has 0 radical (unpaired) electrons. The number of alkyl halides is 6. The summed E-state index contributed by atoms with van der Waals surface area (Å²) in [5.41, 5.74) is 1.84. The summed E-state index contributed by atoms with van der Waals surface area (Å²) >= 11 is 0. The Morgan fingerprint density at radius 3 is 2.22 bits per heavy atom. The molecular weight excluding hydrogens is 386 g/mol. The Bertz CT molecular complexity index is 673. The predicted molar refractivity (Wildman–Crippen MR) is 81.9 cm³/mol. The molecule has 0 spiro atoms. The maximum atomic E-state index is 12.4. The van der Waals surface area contributed by atoms with Gasteiger partial charge in [-0.25, -0.2) is 10.2 Å². The maximum Gasteiger partial charge on any atom is 0.427 e. The minimum atomic E-state index is -4.63. The van der Waals surface area contributed by atoms with Crippen LogP contribution in [0.15, 0.2) is 23.3 Å². The van der Waals surface area contributed by atoms with Crippen LogP contribution in [0.1, 0.15) is 19.4 Å². The van der Waals surface area contributed by atoms with Gasteiger partial charge in [-0.3, -0.25) is 0 Å². The van der Waals surface area contributed by atoms with Crippen LogP contribution in [0.2, 0.25) is 0 Å². The molecule has 27 heavy (non-hydrogen) atoms. The number of nitrogens with zero attached hydrogens (tertiary/aromatic N) is 1. The van der Waals surface area contributed by atoms with Crippen molar-refractivity contribution < 1.29 is 45.3 Å². The van der Waals surface area contributed by atoms with Crippen molar-refractivity contribution in [1.29, 1.82) is 0 Å².